The Hall–Kier alpha value is -2.61. The van der Waals surface area contributed by atoms with E-state index in [-0.39, 0.29) is 12.3 Å². The number of nitriles is 1. The normalized spacial score (nSPS) is 16.6. The fourth-order valence-corrected chi connectivity index (χ4v) is 3.56. The number of rotatable bonds is 4. The van der Waals surface area contributed by atoms with Crippen LogP contribution in [0.25, 0.3) is 0 Å². The minimum absolute atomic E-state index is 0.0652. The zero-order chi connectivity index (χ0) is 16.4. The van der Waals surface area contributed by atoms with Crippen LogP contribution < -0.4 is 0 Å². The minimum Gasteiger partial charge on any atom is -0.481 e. The van der Waals surface area contributed by atoms with Crippen LogP contribution in [0.1, 0.15) is 53.3 Å². The molecule has 0 fully saturated rings. The molecule has 1 aliphatic rings. The summed E-state index contributed by atoms with van der Waals surface area (Å²) in [4.78, 5) is 11.1. The number of hydrogen-bond donors (Lipinski definition) is 1. The van der Waals surface area contributed by atoms with Crippen LogP contribution in [0.15, 0.2) is 24.3 Å². The van der Waals surface area contributed by atoms with E-state index in [1.54, 1.807) is 6.07 Å². The highest BCUT2D eigenvalue weighted by Crippen LogP contribution is 2.36. The van der Waals surface area contributed by atoms with E-state index in [0.29, 0.717) is 12.1 Å². The summed E-state index contributed by atoms with van der Waals surface area (Å²) in [6.07, 6.45) is 3.01. The molecule has 0 aliphatic heterocycles. The first kappa shape index (κ1) is 15.3. The first-order valence-corrected chi connectivity index (χ1v) is 7.85. The topological polar surface area (TPSA) is 78.9 Å². The zero-order valence-electron chi connectivity index (χ0n) is 13.1. The molecule has 0 amide bonds. The molecule has 1 N–H and O–H groups in total. The average molecular weight is 309 g/mol. The minimum atomic E-state index is -0.753. The van der Waals surface area contributed by atoms with Crippen molar-refractivity contribution in [3.8, 4) is 6.07 Å². The fourth-order valence-electron chi connectivity index (χ4n) is 3.56. The maximum Gasteiger partial charge on any atom is 0.303 e. The Morgan fingerprint density at radius 3 is 3.09 bits per heavy atom. The van der Waals surface area contributed by atoms with Gasteiger partial charge in [0.05, 0.1) is 30.3 Å². The Morgan fingerprint density at radius 2 is 2.35 bits per heavy atom. The number of carboxylic acid groups (broad SMARTS) is 1. The van der Waals surface area contributed by atoms with E-state index in [9.17, 15) is 4.79 Å². The number of hydrogen-bond acceptors (Lipinski definition) is 3. The van der Waals surface area contributed by atoms with Gasteiger partial charge in [-0.15, -0.1) is 0 Å². The zero-order valence-corrected chi connectivity index (χ0v) is 13.1. The van der Waals surface area contributed by atoms with Gasteiger partial charge in [-0.25, -0.2) is 0 Å². The molecular formula is C18H19N3O2. The molecule has 1 aliphatic carbocycles. The Bertz CT molecular complexity index is 786. The molecule has 1 heterocycles. The van der Waals surface area contributed by atoms with Crippen molar-refractivity contribution < 1.29 is 9.90 Å². The van der Waals surface area contributed by atoms with Crippen molar-refractivity contribution in [2.75, 3.05) is 0 Å². The molecule has 1 unspecified atom stereocenters. The number of carbonyl (C=O) groups is 1. The second-order valence-electron chi connectivity index (χ2n) is 6.10. The van der Waals surface area contributed by atoms with E-state index in [1.165, 1.54) is 0 Å². The third-order valence-corrected chi connectivity index (χ3v) is 4.47. The summed E-state index contributed by atoms with van der Waals surface area (Å²) in [7, 11) is 0. The van der Waals surface area contributed by atoms with Crippen LogP contribution in [0.3, 0.4) is 0 Å². The first-order valence-electron chi connectivity index (χ1n) is 7.85. The van der Waals surface area contributed by atoms with Crippen molar-refractivity contribution in [1.82, 2.24) is 9.78 Å². The van der Waals surface area contributed by atoms with Crippen LogP contribution in [0.4, 0.5) is 0 Å². The van der Waals surface area contributed by atoms with Gasteiger partial charge in [0.15, 0.2) is 0 Å². The Balaban J connectivity index is 1.93. The largest absolute Gasteiger partial charge is 0.481 e. The molecule has 2 aromatic rings. The molecule has 0 saturated heterocycles. The highest BCUT2D eigenvalue weighted by atomic mass is 16.4. The second kappa shape index (κ2) is 6.25. The summed E-state index contributed by atoms with van der Waals surface area (Å²) >= 11 is 0. The van der Waals surface area contributed by atoms with E-state index in [0.717, 1.165) is 41.8 Å². The van der Waals surface area contributed by atoms with Gasteiger partial charge in [-0.1, -0.05) is 12.1 Å². The maximum absolute atomic E-state index is 11.1. The summed E-state index contributed by atoms with van der Waals surface area (Å²) in [5.74, 6) is -0.688. The summed E-state index contributed by atoms with van der Waals surface area (Å²) in [6.45, 7) is 2.58. The van der Waals surface area contributed by atoms with Crippen molar-refractivity contribution in [3.05, 3.63) is 52.3 Å². The van der Waals surface area contributed by atoms with Crippen LogP contribution in [0.2, 0.25) is 0 Å². The number of fused-ring (bicyclic) bond motifs is 1. The molecule has 0 saturated carbocycles. The summed E-state index contributed by atoms with van der Waals surface area (Å²) in [6, 6.07) is 9.69. The van der Waals surface area contributed by atoms with Gasteiger partial charge in [-0.2, -0.15) is 10.4 Å². The van der Waals surface area contributed by atoms with Crippen LogP contribution in [0.5, 0.6) is 0 Å². The van der Waals surface area contributed by atoms with E-state index >= 15 is 0 Å². The first-order chi connectivity index (χ1) is 11.1. The van der Waals surface area contributed by atoms with Crippen LogP contribution >= 0.6 is 0 Å². The average Bonchev–Trinajstić information content (AvgIpc) is 2.84. The van der Waals surface area contributed by atoms with Crippen molar-refractivity contribution in [3.63, 3.8) is 0 Å². The lowest BCUT2D eigenvalue weighted by Gasteiger charge is -2.22. The Labute approximate surface area is 135 Å². The molecule has 23 heavy (non-hydrogen) atoms. The monoisotopic (exact) mass is 309 g/mol. The molecule has 118 valence electrons. The molecule has 0 spiro atoms. The summed E-state index contributed by atoms with van der Waals surface area (Å²) in [5, 5.41) is 22.8. The van der Waals surface area contributed by atoms with Crippen LogP contribution in [0, 0.1) is 18.3 Å². The molecule has 1 atom stereocenters. The predicted molar refractivity (Wildman–Crippen MR) is 85.2 cm³/mol. The molecule has 5 nitrogen and oxygen atoms in total. The lowest BCUT2D eigenvalue weighted by atomic mass is 9.83. The predicted octanol–water partition coefficient (Wildman–Crippen LogP) is 3.01. The number of carboxylic acids is 1. The summed E-state index contributed by atoms with van der Waals surface area (Å²) in [5.41, 5.74) is 4.89. The van der Waals surface area contributed by atoms with Crippen molar-refractivity contribution >= 4 is 5.97 Å². The molecule has 0 radical (unpaired) electrons. The van der Waals surface area contributed by atoms with Gasteiger partial charge in [-0.3, -0.25) is 9.48 Å². The lowest BCUT2D eigenvalue weighted by Crippen LogP contribution is -2.16. The van der Waals surface area contributed by atoms with Crippen molar-refractivity contribution in [1.29, 1.82) is 5.26 Å². The van der Waals surface area contributed by atoms with Crippen molar-refractivity contribution in [2.24, 2.45) is 0 Å². The number of aliphatic carboxylic acids is 1. The number of benzene rings is 1. The van der Waals surface area contributed by atoms with E-state index in [4.69, 9.17) is 10.4 Å². The van der Waals surface area contributed by atoms with Gasteiger partial charge in [0, 0.05) is 5.69 Å². The van der Waals surface area contributed by atoms with Gasteiger partial charge in [0.25, 0.3) is 0 Å². The van der Waals surface area contributed by atoms with Gasteiger partial charge in [-0.05, 0) is 55.4 Å². The fraction of sp³-hybridized carbons (Fsp3) is 0.389. The number of nitrogens with zero attached hydrogens (tertiary/aromatic N) is 3. The smallest absolute Gasteiger partial charge is 0.303 e. The molecular weight excluding hydrogens is 290 g/mol. The Morgan fingerprint density at radius 1 is 1.52 bits per heavy atom. The van der Waals surface area contributed by atoms with Gasteiger partial charge in [0.1, 0.15) is 0 Å². The standard InChI is InChI=1S/C18H19N3O2/c1-12-18-15(9-17(22)23)6-3-7-16(18)21(20-12)11-14-5-2-4-13(8-14)10-19/h2,4-5,8,15H,3,6-7,9,11H2,1H3,(H,22,23). The highest BCUT2D eigenvalue weighted by molar-refractivity contribution is 5.68. The van der Waals surface area contributed by atoms with E-state index < -0.39 is 5.97 Å². The molecule has 0 bridgehead atoms. The second-order valence-corrected chi connectivity index (χ2v) is 6.10. The number of aromatic nitrogens is 2. The van der Waals surface area contributed by atoms with Crippen molar-refractivity contribution in [2.45, 2.75) is 45.1 Å². The highest BCUT2D eigenvalue weighted by Gasteiger charge is 2.28. The Kier molecular flexibility index (Phi) is 4.16. The SMILES string of the molecule is Cc1nn(Cc2cccc(C#N)c2)c2c1C(CC(=O)O)CCC2. The molecule has 1 aromatic heterocycles. The van der Waals surface area contributed by atoms with E-state index in [2.05, 4.69) is 11.2 Å². The van der Waals surface area contributed by atoms with Gasteiger partial charge >= 0.3 is 5.97 Å². The molecule has 1 aromatic carbocycles. The van der Waals surface area contributed by atoms with Crippen LogP contribution in [-0.4, -0.2) is 20.9 Å². The van der Waals surface area contributed by atoms with Crippen LogP contribution in [-0.2, 0) is 17.8 Å². The maximum atomic E-state index is 11.1. The number of aryl methyl sites for hydroxylation is 1. The summed E-state index contributed by atoms with van der Waals surface area (Å²) < 4.78 is 1.98. The third kappa shape index (κ3) is 3.11. The molecule has 3 rings (SSSR count). The third-order valence-electron chi connectivity index (χ3n) is 4.47. The quantitative estimate of drug-likeness (QED) is 0.941. The van der Waals surface area contributed by atoms with Gasteiger partial charge < -0.3 is 5.11 Å². The molecule has 5 heteroatoms. The van der Waals surface area contributed by atoms with Gasteiger partial charge in [0.2, 0.25) is 0 Å². The van der Waals surface area contributed by atoms with E-state index in [1.807, 2.05) is 29.8 Å². The lowest BCUT2D eigenvalue weighted by molar-refractivity contribution is -0.137.